The molecule has 1 saturated heterocycles. The quantitative estimate of drug-likeness (QED) is 0.783. The summed E-state index contributed by atoms with van der Waals surface area (Å²) >= 11 is 0. The molecular formula is C17H27N3O2. The van der Waals surface area contributed by atoms with Crippen molar-refractivity contribution in [1.82, 2.24) is 5.32 Å². The zero-order chi connectivity index (χ0) is 16.0. The predicted molar refractivity (Wildman–Crippen MR) is 90.4 cm³/mol. The van der Waals surface area contributed by atoms with Crippen molar-refractivity contribution in [3.8, 4) is 0 Å². The lowest BCUT2D eigenvalue weighted by Crippen LogP contribution is -2.46. The van der Waals surface area contributed by atoms with E-state index in [-0.39, 0.29) is 12.6 Å². The van der Waals surface area contributed by atoms with Crippen LogP contribution in [0.2, 0.25) is 0 Å². The van der Waals surface area contributed by atoms with Crippen LogP contribution in [0.5, 0.6) is 0 Å². The Morgan fingerprint density at radius 2 is 1.91 bits per heavy atom. The highest BCUT2D eigenvalue weighted by molar-refractivity contribution is 5.93. The molecule has 1 aromatic carbocycles. The second kappa shape index (κ2) is 7.49. The Morgan fingerprint density at radius 1 is 1.23 bits per heavy atom. The largest absolute Gasteiger partial charge is 0.396 e. The van der Waals surface area contributed by atoms with Crippen molar-refractivity contribution in [1.29, 1.82) is 0 Å². The number of anilines is 2. The first-order chi connectivity index (χ1) is 10.5. The van der Waals surface area contributed by atoms with Gasteiger partial charge in [0, 0.05) is 25.2 Å². The zero-order valence-electron chi connectivity index (χ0n) is 13.6. The van der Waals surface area contributed by atoms with E-state index < -0.39 is 5.54 Å². The van der Waals surface area contributed by atoms with Crippen molar-refractivity contribution < 1.29 is 9.90 Å². The summed E-state index contributed by atoms with van der Waals surface area (Å²) < 4.78 is 0. The van der Waals surface area contributed by atoms with Crippen LogP contribution in [0.3, 0.4) is 0 Å². The van der Waals surface area contributed by atoms with E-state index in [4.69, 9.17) is 5.11 Å². The first-order valence-electron chi connectivity index (χ1n) is 8.06. The minimum Gasteiger partial charge on any atom is -0.396 e. The molecule has 0 bridgehead atoms. The van der Waals surface area contributed by atoms with Crippen LogP contribution in [0.25, 0.3) is 0 Å². The molecule has 5 nitrogen and oxygen atoms in total. The van der Waals surface area contributed by atoms with Crippen LogP contribution in [-0.4, -0.2) is 36.4 Å². The summed E-state index contributed by atoms with van der Waals surface area (Å²) in [5.74, 6) is 0. The number of piperidine rings is 1. The average Bonchev–Trinajstić information content (AvgIpc) is 2.48. The molecule has 1 fully saturated rings. The van der Waals surface area contributed by atoms with Gasteiger partial charge in [-0.2, -0.15) is 0 Å². The van der Waals surface area contributed by atoms with Crippen molar-refractivity contribution in [2.75, 3.05) is 29.9 Å². The van der Waals surface area contributed by atoms with Crippen molar-refractivity contribution in [3.63, 3.8) is 0 Å². The molecule has 0 radical (unpaired) electrons. The molecular weight excluding hydrogens is 278 g/mol. The highest BCUT2D eigenvalue weighted by Crippen LogP contribution is 2.28. The molecule has 3 N–H and O–H groups in total. The predicted octanol–water partition coefficient (Wildman–Crippen LogP) is 2.96. The van der Waals surface area contributed by atoms with Gasteiger partial charge in [-0.15, -0.1) is 0 Å². The maximum absolute atomic E-state index is 12.2. The number of carbonyl (C=O) groups is 1. The number of aliphatic hydroxyl groups excluding tert-OH is 1. The maximum atomic E-state index is 12.2. The maximum Gasteiger partial charge on any atom is 0.319 e. The Balaban J connectivity index is 2.04. The summed E-state index contributed by atoms with van der Waals surface area (Å²) in [6.07, 6.45) is 4.20. The van der Waals surface area contributed by atoms with E-state index in [0.29, 0.717) is 6.42 Å². The van der Waals surface area contributed by atoms with Crippen molar-refractivity contribution >= 4 is 17.4 Å². The van der Waals surface area contributed by atoms with E-state index >= 15 is 0 Å². The summed E-state index contributed by atoms with van der Waals surface area (Å²) in [5.41, 5.74) is 1.48. The molecule has 5 heteroatoms. The van der Waals surface area contributed by atoms with Gasteiger partial charge in [0.25, 0.3) is 0 Å². The summed E-state index contributed by atoms with van der Waals surface area (Å²) in [4.78, 5) is 14.5. The van der Waals surface area contributed by atoms with Gasteiger partial charge in [0.05, 0.1) is 11.4 Å². The third-order valence-corrected chi connectivity index (χ3v) is 4.04. The molecule has 1 aliphatic rings. The Bertz CT molecular complexity index is 496. The SMILES string of the molecule is CC(C)(CCO)NC(=O)Nc1ccccc1N1CCCCC1. The standard InChI is InChI=1S/C17H27N3O2/c1-17(2,10-13-21)19-16(22)18-14-8-4-5-9-15(14)20-11-6-3-7-12-20/h4-5,8-9,21H,3,6-7,10-13H2,1-2H3,(H2,18,19,22). The molecule has 2 amide bonds. The molecule has 0 atom stereocenters. The van der Waals surface area contributed by atoms with Crippen LogP contribution in [0.15, 0.2) is 24.3 Å². The number of hydrogen-bond acceptors (Lipinski definition) is 3. The molecule has 0 spiro atoms. The van der Waals surface area contributed by atoms with Crippen LogP contribution in [0.4, 0.5) is 16.2 Å². The lowest BCUT2D eigenvalue weighted by molar-refractivity contribution is 0.218. The first kappa shape index (κ1) is 16.6. The van der Waals surface area contributed by atoms with Crippen LogP contribution >= 0.6 is 0 Å². The number of hydrogen-bond donors (Lipinski definition) is 3. The number of nitrogens with one attached hydrogen (secondary N) is 2. The van der Waals surface area contributed by atoms with Crippen molar-refractivity contribution in [3.05, 3.63) is 24.3 Å². The van der Waals surface area contributed by atoms with Crippen LogP contribution in [0, 0.1) is 0 Å². The smallest absolute Gasteiger partial charge is 0.319 e. The second-order valence-corrected chi connectivity index (χ2v) is 6.50. The summed E-state index contributed by atoms with van der Waals surface area (Å²) in [5, 5.41) is 14.9. The topological polar surface area (TPSA) is 64.6 Å². The van der Waals surface area contributed by atoms with E-state index in [0.717, 1.165) is 24.5 Å². The third-order valence-electron chi connectivity index (χ3n) is 4.04. The monoisotopic (exact) mass is 305 g/mol. The van der Waals surface area contributed by atoms with Gasteiger partial charge in [0.1, 0.15) is 0 Å². The normalized spacial score (nSPS) is 15.5. The van der Waals surface area contributed by atoms with Crippen LogP contribution in [0.1, 0.15) is 39.5 Å². The van der Waals surface area contributed by atoms with Gasteiger partial charge >= 0.3 is 6.03 Å². The fourth-order valence-electron chi connectivity index (χ4n) is 2.79. The number of rotatable bonds is 5. The number of nitrogens with zero attached hydrogens (tertiary/aromatic N) is 1. The van der Waals surface area contributed by atoms with Crippen molar-refractivity contribution in [2.45, 2.75) is 45.1 Å². The van der Waals surface area contributed by atoms with E-state index in [1.54, 1.807) is 0 Å². The minimum absolute atomic E-state index is 0.0532. The number of amides is 2. The number of para-hydroxylation sites is 2. The molecule has 1 aromatic rings. The van der Waals surface area contributed by atoms with Gasteiger partial charge in [-0.3, -0.25) is 0 Å². The van der Waals surface area contributed by atoms with Crippen molar-refractivity contribution in [2.24, 2.45) is 0 Å². The van der Waals surface area contributed by atoms with Gasteiger partial charge in [-0.05, 0) is 51.7 Å². The van der Waals surface area contributed by atoms with E-state index in [1.165, 1.54) is 19.3 Å². The average molecular weight is 305 g/mol. The Hall–Kier alpha value is -1.75. The number of carbonyl (C=O) groups excluding carboxylic acids is 1. The highest BCUT2D eigenvalue weighted by atomic mass is 16.3. The first-order valence-corrected chi connectivity index (χ1v) is 8.06. The Labute approximate surface area is 132 Å². The lowest BCUT2D eigenvalue weighted by atomic mass is 10.0. The van der Waals surface area contributed by atoms with Gasteiger partial charge in [-0.1, -0.05) is 12.1 Å². The Kier molecular flexibility index (Phi) is 5.66. The second-order valence-electron chi connectivity index (χ2n) is 6.50. The minimum atomic E-state index is -0.432. The molecule has 22 heavy (non-hydrogen) atoms. The van der Waals surface area contributed by atoms with E-state index in [9.17, 15) is 4.79 Å². The highest BCUT2D eigenvalue weighted by Gasteiger charge is 2.21. The fourth-order valence-corrected chi connectivity index (χ4v) is 2.79. The Morgan fingerprint density at radius 3 is 2.59 bits per heavy atom. The lowest BCUT2D eigenvalue weighted by Gasteiger charge is -2.31. The zero-order valence-corrected chi connectivity index (χ0v) is 13.6. The molecule has 0 saturated carbocycles. The van der Waals surface area contributed by atoms with Gasteiger partial charge < -0.3 is 20.6 Å². The van der Waals surface area contributed by atoms with E-state index in [2.05, 4.69) is 21.6 Å². The molecule has 1 aliphatic heterocycles. The third kappa shape index (κ3) is 4.63. The molecule has 0 aliphatic carbocycles. The van der Waals surface area contributed by atoms with Gasteiger partial charge in [0.2, 0.25) is 0 Å². The molecule has 1 heterocycles. The molecule has 0 aromatic heterocycles. The fraction of sp³-hybridized carbons (Fsp3) is 0.588. The number of aliphatic hydroxyl groups is 1. The summed E-state index contributed by atoms with van der Waals surface area (Å²) in [6, 6.07) is 7.69. The molecule has 2 rings (SSSR count). The van der Waals surface area contributed by atoms with Crippen LogP contribution < -0.4 is 15.5 Å². The summed E-state index contributed by atoms with van der Waals surface area (Å²) in [7, 11) is 0. The van der Waals surface area contributed by atoms with Gasteiger partial charge in [0.15, 0.2) is 0 Å². The summed E-state index contributed by atoms with van der Waals surface area (Å²) in [6.45, 7) is 5.93. The van der Waals surface area contributed by atoms with Gasteiger partial charge in [-0.25, -0.2) is 4.79 Å². The molecule has 122 valence electrons. The molecule has 0 unspecified atom stereocenters. The van der Waals surface area contributed by atoms with Crippen LogP contribution in [-0.2, 0) is 0 Å². The van der Waals surface area contributed by atoms with E-state index in [1.807, 2.05) is 32.0 Å². The number of benzene rings is 1. The number of urea groups is 1.